The molecule has 4 nitrogen and oxygen atoms in total. The van der Waals surface area contributed by atoms with Crippen LogP contribution in [0.1, 0.15) is 22.9 Å². The van der Waals surface area contributed by atoms with E-state index in [0.29, 0.717) is 11.5 Å². The van der Waals surface area contributed by atoms with Crippen LogP contribution in [0.2, 0.25) is 0 Å². The Balaban J connectivity index is 2.51. The third kappa shape index (κ3) is 2.62. The van der Waals surface area contributed by atoms with Gasteiger partial charge < -0.3 is 19.6 Å². The summed E-state index contributed by atoms with van der Waals surface area (Å²) < 4.78 is 16.9. The van der Waals surface area contributed by atoms with E-state index in [0.717, 1.165) is 21.4 Å². The van der Waals surface area contributed by atoms with Crippen LogP contribution in [0.5, 0.6) is 11.5 Å². The van der Waals surface area contributed by atoms with E-state index in [2.05, 4.69) is 15.9 Å². The standard InChI is InChI=1S/C14H16BrNO3/c1-8-4-5-19-14(8)13(16)9-6-12(18-3)10(15)7-11(9)17-2/h4-7,13H,16H2,1-3H3. The third-order valence-electron chi connectivity index (χ3n) is 3.02. The number of ether oxygens (including phenoxy) is 2. The molecule has 1 heterocycles. The van der Waals surface area contributed by atoms with E-state index in [-0.39, 0.29) is 0 Å². The first-order valence-electron chi connectivity index (χ1n) is 5.79. The molecule has 0 amide bonds. The molecule has 0 aliphatic rings. The zero-order chi connectivity index (χ0) is 14.0. The van der Waals surface area contributed by atoms with Gasteiger partial charge in [0.2, 0.25) is 0 Å². The summed E-state index contributed by atoms with van der Waals surface area (Å²) >= 11 is 3.43. The quantitative estimate of drug-likeness (QED) is 0.935. The fraction of sp³-hybridized carbons (Fsp3) is 0.286. The topological polar surface area (TPSA) is 57.6 Å². The van der Waals surface area contributed by atoms with Crippen molar-refractivity contribution in [2.24, 2.45) is 5.73 Å². The lowest BCUT2D eigenvalue weighted by molar-refractivity contribution is 0.391. The minimum Gasteiger partial charge on any atom is -0.496 e. The molecule has 0 saturated heterocycles. The number of methoxy groups -OCH3 is 2. The van der Waals surface area contributed by atoms with Gasteiger partial charge in [-0.15, -0.1) is 0 Å². The molecule has 0 spiro atoms. The van der Waals surface area contributed by atoms with Crippen molar-refractivity contribution in [3.05, 3.63) is 45.8 Å². The maximum atomic E-state index is 6.27. The Morgan fingerprint density at radius 2 is 1.89 bits per heavy atom. The fourth-order valence-electron chi connectivity index (χ4n) is 1.97. The van der Waals surface area contributed by atoms with E-state index in [1.165, 1.54) is 0 Å². The largest absolute Gasteiger partial charge is 0.496 e. The third-order valence-corrected chi connectivity index (χ3v) is 3.64. The van der Waals surface area contributed by atoms with Crippen LogP contribution in [0.15, 0.2) is 33.4 Å². The number of halogens is 1. The van der Waals surface area contributed by atoms with Crippen molar-refractivity contribution in [3.8, 4) is 11.5 Å². The van der Waals surface area contributed by atoms with Gasteiger partial charge in [-0.2, -0.15) is 0 Å². The molecule has 0 radical (unpaired) electrons. The summed E-state index contributed by atoms with van der Waals surface area (Å²) in [6, 6.07) is 5.19. The number of nitrogens with two attached hydrogens (primary N) is 1. The number of hydrogen-bond donors (Lipinski definition) is 1. The first-order valence-corrected chi connectivity index (χ1v) is 6.58. The van der Waals surface area contributed by atoms with Gasteiger partial charge in [-0.3, -0.25) is 0 Å². The second-order valence-corrected chi connectivity index (χ2v) is 5.03. The number of aryl methyl sites for hydroxylation is 1. The zero-order valence-electron chi connectivity index (χ0n) is 11.1. The minimum atomic E-state index is -0.396. The van der Waals surface area contributed by atoms with Crippen LogP contribution in [0.4, 0.5) is 0 Å². The second kappa shape index (κ2) is 5.67. The Morgan fingerprint density at radius 3 is 2.42 bits per heavy atom. The molecular formula is C14H16BrNO3. The Labute approximate surface area is 120 Å². The number of benzene rings is 1. The number of rotatable bonds is 4. The van der Waals surface area contributed by atoms with E-state index in [4.69, 9.17) is 19.6 Å². The summed E-state index contributed by atoms with van der Waals surface area (Å²) in [6.45, 7) is 1.96. The molecule has 0 aliphatic heterocycles. The molecule has 0 fully saturated rings. The van der Waals surface area contributed by atoms with E-state index in [1.807, 2.05) is 25.1 Å². The zero-order valence-corrected chi connectivity index (χ0v) is 12.7. The lowest BCUT2D eigenvalue weighted by atomic mass is 10.0. The van der Waals surface area contributed by atoms with Crippen LogP contribution in [0.25, 0.3) is 0 Å². The minimum absolute atomic E-state index is 0.396. The molecule has 19 heavy (non-hydrogen) atoms. The van der Waals surface area contributed by atoms with Gasteiger partial charge in [0.15, 0.2) is 0 Å². The Morgan fingerprint density at radius 1 is 1.21 bits per heavy atom. The van der Waals surface area contributed by atoms with Crippen LogP contribution in [0, 0.1) is 6.92 Å². The summed E-state index contributed by atoms with van der Waals surface area (Å²) in [6.07, 6.45) is 1.63. The van der Waals surface area contributed by atoms with Crippen LogP contribution < -0.4 is 15.2 Å². The highest BCUT2D eigenvalue weighted by Crippen LogP contribution is 2.37. The normalized spacial score (nSPS) is 12.3. The first kappa shape index (κ1) is 14.0. The second-order valence-electron chi connectivity index (χ2n) is 4.17. The van der Waals surface area contributed by atoms with Crippen molar-refractivity contribution in [1.82, 2.24) is 0 Å². The van der Waals surface area contributed by atoms with E-state index in [1.54, 1.807) is 20.5 Å². The highest BCUT2D eigenvalue weighted by Gasteiger charge is 2.21. The van der Waals surface area contributed by atoms with Crippen LogP contribution in [-0.2, 0) is 0 Å². The molecule has 1 atom stereocenters. The number of hydrogen-bond acceptors (Lipinski definition) is 4. The van der Waals surface area contributed by atoms with Crippen molar-refractivity contribution in [3.63, 3.8) is 0 Å². The predicted molar refractivity (Wildman–Crippen MR) is 76.7 cm³/mol. The summed E-state index contributed by atoms with van der Waals surface area (Å²) in [5.41, 5.74) is 8.10. The molecule has 2 aromatic rings. The molecule has 1 unspecified atom stereocenters. The molecule has 5 heteroatoms. The predicted octanol–water partition coefficient (Wildman–Crippen LogP) is 3.42. The SMILES string of the molecule is COc1cc(C(N)c2occc2C)c(OC)cc1Br. The first-order chi connectivity index (χ1) is 9.08. The Hall–Kier alpha value is -1.46. The number of furan rings is 1. The van der Waals surface area contributed by atoms with Crippen molar-refractivity contribution in [2.45, 2.75) is 13.0 Å². The van der Waals surface area contributed by atoms with Gasteiger partial charge in [0, 0.05) is 5.56 Å². The average molecular weight is 326 g/mol. The maximum Gasteiger partial charge on any atom is 0.133 e. The Kier molecular flexibility index (Phi) is 4.17. The van der Waals surface area contributed by atoms with E-state index in [9.17, 15) is 0 Å². The summed E-state index contributed by atoms with van der Waals surface area (Å²) in [5, 5.41) is 0. The lowest BCUT2D eigenvalue weighted by Crippen LogP contribution is -2.13. The summed E-state index contributed by atoms with van der Waals surface area (Å²) in [5.74, 6) is 2.12. The smallest absolute Gasteiger partial charge is 0.133 e. The molecule has 2 rings (SSSR count). The van der Waals surface area contributed by atoms with Gasteiger partial charge in [-0.05, 0) is 46.6 Å². The highest BCUT2D eigenvalue weighted by molar-refractivity contribution is 9.10. The van der Waals surface area contributed by atoms with Crippen molar-refractivity contribution >= 4 is 15.9 Å². The molecule has 1 aromatic carbocycles. The van der Waals surface area contributed by atoms with Crippen molar-refractivity contribution < 1.29 is 13.9 Å². The summed E-state index contributed by atoms with van der Waals surface area (Å²) in [4.78, 5) is 0. The lowest BCUT2D eigenvalue weighted by Gasteiger charge is -2.17. The van der Waals surface area contributed by atoms with Crippen LogP contribution in [0.3, 0.4) is 0 Å². The van der Waals surface area contributed by atoms with Gasteiger partial charge in [0.05, 0.1) is 31.0 Å². The van der Waals surface area contributed by atoms with E-state index < -0.39 is 6.04 Å². The fourth-order valence-corrected chi connectivity index (χ4v) is 2.46. The highest BCUT2D eigenvalue weighted by atomic mass is 79.9. The molecular weight excluding hydrogens is 310 g/mol. The molecule has 0 bridgehead atoms. The van der Waals surface area contributed by atoms with Gasteiger partial charge in [0.25, 0.3) is 0 Å². The van der Waals surface area contributed by atoms with Gasteiger partial charge in [-0.1, -0.05) is 0 Å². The van der Waals surface area contributed by atoms with E-state index >= 15 is 0 Å². The molecule has 2 N–H and O–H groups in total. The Bertz CT molecular complexity index is 580. The molecule has 0 aliphatic carbocycles. The van der Waals surface area contributed by atoms with Crippen molar-refractivity contribution in [1.29, 1.82) is 0 Å². The van der Waals surface area contributed by atoms with Gasteiger partial charge in [0.1, 0.15) is 17.3 Å². The van der Waals surface area contributed by atoms with Crippen LogP contribution in [-0.4, -0.2) is 14.2 Å². The average Bonchev–Trinajstić information content (AvgIpc) is 2.83. The van der Waals surface area contributed by atoms with Crippen LogP contribution >= 0.6 is 15.9 Å². The molecule has 1 aromatic heterocycles. The summed E-state index contributed by atoms with van der Waals surface area (Å²) in [7, 11) is 3.22. The monoisotopic (exact) mass is 325 g/mol. The van der Waals surface area contributed by atoms with Gasteiger partial charge in [-0.25, -0.2) is 0 Å². The van der Waals surface area contributed by atoms with Gasteiger partial charge >= 0.3 is 0 Å². The maximum absolute atomic E-state index is 6.27. The molecule has 0 saturated carbocycles. The van der Waals surface area contributed by atoms with Crippen molar-refractivity contribution in [2.75, 3.05) is 14.2 Å². The molecule has 102 valence electrons.